The van der Waals surface area contributed by atoms with Crippen molar-refractivity contribution in [2.45, 2.75) is 6.92 Å². The Hall–Kier alpha value is -2.53. The third-order valence-corrected chi connectivity index (χ3v) is 3.50. The SMILES string of the molecule is COC(=O)c1cc(C)c(Cl)cc1NC(=O)COc1ccccc1. The predicted molar refractivity (Wildman–Crippen MR) is 88.1 cm³/mol. The minimum Gasteiger partial charge on any atom is -0.484 e. The van der Waals surface area contributed by atoms with E-state index in [1.165, 1.54) is 13.2 Å². The van der Waals surface area contributed by atoms with Crippen molar-refractivity contribution in [3.63, 3.8) is 0 Å². The van der Waals surface area contributed by atoms with Gasteiger partial charge in [-0.25, -0.2) is 4.79 Å². The summed E-state index contributed by atoms with van der Waals surface area (Å²) >= 11 is 6.06. The van der Waals surface area contributed by atoms with E-state index in [1.807, 2.05) is 18.2 Å². The molecule has 0 heterocycles. The number of para-hydroxylation sites is 1. The Morgan fingerprint density at radius 2 is 1.87 bits per heavy atom. The quantitative estimate of drug-likeness (QED) is 0.851. The molecule has 0 radical (unpaired) electrons. The minimum absolute atomic E-state index is 0.184. The molecular formula is C17H16ClNO4. The van der Waals surface area contributed by atoms with Gasteiger partial charge in [-0.15, -0.1) is 0 Å². The van der Waals surface area contributed by atoms with Crippen LogP contribution in [0.25, 0.3) is 0 Å². The largest absolute Gasteiger partial charge is 0.484 e. The van der Waals surface area contributed by atoms with Crippen LogP contribution in [0.4, 0.5) is 5.69 Å². The minimum atomic E-state index is -0.552. The number of hydrogen-bond donors (Lipinski definition) is 1. The van der Waals surface area contributed by atoms with Crippen LogP contribution in [0.5, 0.6) is 5.75 Å². The standard InChI is InChI=1S/C17H16ClNO4/c1-11-8-13(17(21)22-2)15(9-14(11)18)19-16(20)10-23-12-6-4-3-5-7-12/h3-9H,10H2,1-2H3,(H,19,20). The Morgan fingerprint density at radius 1 is 1.17 bits per heavy atom. The van der Waals surface area contributed by atoms with Gasteiger partial charge in [-0.1, -0.05) is 29.8 Å². The third kappa shape index (κ3) is 4.47. The number of anilines is 1. The Balaban J connectivity index is 2.10. The molecule has 0 aliphatic carbocycles. The highest BCUT2D eigenvalue weighted by atomic mass is 35.5. The van der Waals surface area contributed by atoms with E-state index in [0.717, 1.165) is 0 Å². The number of hydrogen-bond acceptors (Lipinski definition) is 4. The molecule has 6 heteroatoms. The molecule has 2 aromatic rings. The Bertz CT molecular complexity index is 716. The molecular weight excluding hydrogens is 318 g/mol. The van der Waals surface area contributed by atoms with Gasteiger partial charge in [0.2, 0.25) is 0 Å². The van der Waals surface area contributed by atoms with Crippen molar-refractivity contribution >= 4 is 29.2 Å². The van der Waals surface area contributed by atoms with Gasteiger partial charge >= 0.3 is 5.97 Å². The number of benzene rings is 2. The van der Waals surface area contributed by atoms with Crippen molar-refractivity contribution in [1.82, 2.24) is 0 Å². The van der Waals surface area contributed by atoms with E-state index >= 15 is 0 Å². The normalized spacial score (nSPS) is 10.0. The maximum Gasteiger partial charge on any atom is 0.339 e. The molecule has 0 unspecified atom stereocenters. The van der Waals surface area contributed by atoms with Crippen LogP contribution in [0.3, 0.4) is 0 Å². The number of carbonyl (C=O) groups excluding carboxylic acids is 2. The summed E-state index contributed by atoms with van der Waals surface area (Å²) in [6.45, 7) is 1.58. The van der Waals surface area contributed by atoms with Crippen LogP contribution in [0.1, 0.15) is 15.9 Å². The first kappa shape index (κ1) is 16.8. The monoisotopic (exact) mass is 333 g/mol. The van der Waals surface area contributed by atoms with E-state index in [9.17, 15) is 9.59 Å². The smallest absolute Gasteiger partial charge is 0.339 e. The van der Waals surface area contributed by atoms with Gasteiger partial charge in [0.1, 0.15) is 5.75 Å². The molecule has 0 saturated carbocycles. The number of nitrogens with one attached hydrogen (secondary N) is 1. The third-order valence-electron chi connectivity index (χ3n) is 3.09. The van der Waals surface area contributed by atoms with E-state index in [1.54, 1.807) is 25.1 Å². The predicted octanol–water partition coefficient (Wildman–Crippen LogP) is 3.45. The maximum absolute atomic E-state index is 12.0. The number of esters is 1. The molecule has 0 aromatic heterocycles. The first-order chi connectivity index (χ1) is 11.0. The summed E-state index contributed by atoms with van der Waals surface area (Å²) in [5.41, 5.74) is 1.24. The van der Waals surface area contributed by atoms with Gasteiger partial charge in [0.25, 0.3) is 5.91 Å². The van der Waals surface area contributed by atoms with Crippen molar-refractivity contribution in [3.8, 4) is 5.75 Å². The van der Waals surface area contributed by atoms with Gasteiger partial charge in [-0.2, -0.15) is 0 Å². The van der Waals surface area contributed by atoms with Crippen molar-refractivity contribution in [2.24, 2.45) is 0 Å². The molecule has 0 saturated heterocycles. The first-order valence-electron chi connectivity index (χ1n) is 6.87. The Morgan fingerprint density at radius 3 is 2.52 bits per heavy atom. The molecule has 0 spiro atoms. The molecule has 5 nitrogen and oxygen atoms in total. The highest BCUT2D eigenvalue weighted by molar-refractivity contribution is 6.32. The van der Waals surface area contributed by atoms with Gasteiger partial charge in [-0.3, -0.25) is 4.79 Å². The Kier molecular flexibility index (Phi) is 5.60. The molecule has 2 aromatic carbocycles. The van der Waals surface area contributed by atoms with Crippen LogP contribution in [0.2, 0.25) is 5.02 Å². The summed E-state index contributed by atoms with van der Waals surface area (Å²) in [7, 11) is 1.27. The van der Waals surface area contributed by atoms with Crippen LogP contribution in [0, 0.1) is 6.92 Å². The summed E-state index contributed by atoms with van der Waals surface area (Å²) in [5, 5.41) is 3.06. The molecule has 0 aliphatic heterocycles. The second-order valence-corrected chi connectivity index (χ2v) is 5.20. The molecule has 23 heavy (non-hydrogen) atoms. The summed E-state index contributed by atoms with van der Waals surface area (Å²) < 4.78 is 10.1. The van der Waals surface area contributed by atoms with E-state index in [4.69, 9.17) is 21.1 Å². The topological polar surface area (TPSA) is 64.6 Å². The fourth-order valence-electron chi connectivity index (χ4n) is 1.92. The van der Waals surface area contributed by atoms with Crippen LogP contribution < -0.4 is 10.1 Å². The number of amides is 1. The summed E-state index contributed by atoms with van der Waals surface area (Å²) in [6.07, 6.45) is 0. The van der Waals surface area contributed by atoms with Gasteiger partial charge < -0.3 is 14.8 Å². The number of ether oxygens (including phenoxy) is 2. The van der Waals surface area contributed by atoms with E-state index in [2.05, 4.69) is 5.32 Å². The second kappa shape index (κ2) is 7.65. The maximum atomic E-state index is 12.0. The number of aryl methyl sites for hydroxylation is 1. The van der Waals surface area contributed by atoms with Gasteiger partial charge in [0, 0.05) is 5.02 Å². The van der Waals surface area contributed by atoms with Gasteiger partial charge in [-0.05, 0) is 36.8 Å². The molecule has 0 atom stereocenters. The van der Waals surface area contributed by atoms with E-state index in [0.29, 0.717) is 16.3 Å². The molecule has 0 aliphatic rings. The van der Waals surface area contributed by atoms with Gasteiger partial charge in [0.05, 0.1) is 18.4 Å². The highest BCUT2D eigenvalue weighted by Gasteiger charge is 2.16. The second-order valence-electron chi connectivity index (χ2n) is 4.79. The van der Waals surface area contributed by atoms with Crippen molar-refractivity contribution in [1.29, 1.82) is 0 Å². The van der Waals surface area contributed by atoms with Crippen LogP contribution >= 0.6 is 11.6 Å². The zero-order valence-corrected chi connectivity index (χ0v) is 13.5. The number of carbonyl (C=O) groups is 2. The molecule has 0 bridgehead atoms. The Labute approximate surface area is 139 Å². The van der Waals surface area contributed by atoms with E-state index in [-0.39, 0.29) is 17.9 Å². The number of halogens is 1. The zero-order chi connectivity index (χ0) is 16.8. The van der Waals surface area contributed by atoms with E-state index < -0.39 is 11.9 Å². The molecule has 2 rings (SSSR count). The lowest BCUT2D eigenvalue weighted by Gasteiger charge is -2.12. The lowest BCUT2D eigenvalue weighted by molar-refractivity contribution is -0.118. The molecule has 120 valence electrons. The average molecular weight is 334 g/mol. The fraction of sp³-hybridized carbons (Fsp3) is 0.176. The number of methoxy groups -OCH3 is 1. The summed E-state index contributed by atoms with van der Waals surface area (Å²) in [5.74, 6) is -0.374. The molecule has 1 N–H and O–H groups in total. The molecule has 0 fully saturated rings. The molecule has 1 amide bonds. The fourth-order valence-corrected chi connectivity index (χ4v) is 2.08. The summed E-state index contributed by atoms with van der Waals surface area (Å²) in [6, 6.07) is 12.0. The van der Waals surface area contributed by atoms with Crippen LogP contribution in [-0.4, -0.2) is 25.6 Å². The van der Waals surface area contributed by atoms with Crippen molar-refractivity contribution in [2.75, 3.05) is 19.0 Å². The zero-order valence-electron chi connectivity index (χ0n) is 12.8. The van der Waals surface area contributed by atoms with Crippen LogP contribution in [0.15, 0.2) is 42.5 Å². The average Bonchev–Trinajstić information content (AvgIpc) is 2.56. The first-order valence-corrected chi connectivity index (χ1v) is 7.25. The lowest BCUT2D eigenvalue weighted by atomic mass is 10.1. The lowest BCUT2D eigenvalue weighted by Crippen LogP contribution is -2.22. The van der Waals surface area contributed by atoms with Crippen molar-refractivity contribution < 1.29 is 19.1 Å². The van der Waals surface area contributed by atoms with Crippen molar-refractivity contribution in [3.05, 3.63) is 58.6 Å². The highest BCUT2D eigenvalue weighted by Crippen LogP contribution is 2.25. The number of rotatable bonds is 5. The summed E-state index contributed by atoms with van der Waals surface area (Å²) in [4.78, 5) is 23.8. The van der Waals surface area contributed by atoms with Gasteiger partial charge in [0.15, 0.2) is 6.61 Å². The van der Waals surface area contributed by atoms with Crippen LogP contribution in [-0.2, 0) is 9.53 Å².